The first-order valence-electron chi connectivity index (χ1n) is 5.78. The van der Waals surface area contributed by atoms with Gasteiger partial charge in [0.2, 0.25) is 0 Å². The molecule has 0 radical (unpaired) electrons. The fourth-order valence-electron chi connectivity index (χ4n) is 2.44. The summed E-state index contributed by atoms with van der Waals surface area (Å²) in [6.07, 6.45) is 6.23. The Bertz CT molecular complexity index is 196. The zero-order chi connectivity index (χ0) is 10.0. The number of thioether (sulfide) groups is 1. The van der Waals surface area contributed by atoms with Crippen molar-refractivity contribution in [2.75, 3.05) is 12.4 Å². The van der Waals surface area contributed by atoms with E-state index in [1.54, 1.807) is 0 Å². The minimum atomic E-state index is 0.0774. The average Bonchev–Trinajstić information content (AvgIpc) is 2.89. The Morgan fingerprint density at radius 1 is 1.43 bits per heavy atom. The molecule has 2 atom stereocenters. The third kappa shape index (κ3) is 2.44. The molecule has 0 heterocycles. The van der Waals surface area contributed by atoms with E-state index in [4.69, 9.17) is 0 Å². The predicted octanol–water partition coefficient (Wildman–Crippen LogP) is 1.78. The van der Waals surface area contributed by atoms with Crippen molar-refractivity contribution in [3.05, 3.63) is 0 Å². The van der Waals surface area contributed by atoms with E-state index in [-0.39, 0.29) is 5.54 Å². The summed E-state index contributed by atoms with van der Waals surface area (Å²) in [5.74, 6) is 1.20. The van der Waals surface area contributed by atoms with Crippen molar-refractivity contribution in [3.8, 4) is 0 Å². The first-order valence-corrected chi connectivity index (χ1v) is 6.83. The Labute approximate surface area is 90.8 Å². The van der Waals surface area contributed by atoms with Crippen LogP contribution in [0, 0.1) is 0 Å². The molecule has 2 aliphatic carbocycles. The van der Waals surface area contributed by atoms with Crippen LogP contribution in [0.1, 0.15) is 39.0 Å². The standard InChI is InChI=1S/C11H21NOS/c1-2-14-10-5-6-11(7-10,8-13)12-9-3-4-9/h9-10,12-13H,2-8H2,1H3. The van der Waals surface area contributed by atoms with Crippen LogP contribution in [-0.2, 0) is 0 Å². The molecular weight excluding hydrogens is 194 g/mol. The lowest BCUT2D eigenvalue weighted by Crippen LogP contribution is -2.47. The molecular formula is C11H21NOS. The smallest absolute Gasteiger partial charge is 0.0613 e. The van der Waals surface area contributed by atoms with Gasteiger partial charge in [-0.1, -0.05) is 6.92 Å². The molecule has 2 aliphatic rings. The fourth-order valence-corrected chi connectivity index (χ4v) is 3.63. The highest BCUT2D eigenvalue weighted by Crippen LogP contribution is 2.38. The van der Waals surface area contributed by atoms with Crippen LogP contribution in [0.5, 0.6) is 0 Å². The summed E-state index contributed by atoms with van der Waals surface area (Å²) in [6.45, 7) is 2.54. The molecule has 0 saturated heterocycles. The molecule has 0 aromatic heterocycles. The zero-order valence-corrected chi connectivity index (χ0v) is 9.78. The van der Waals surface area contributed by atoms with Crippen molar-refractivity contribution in [2.24, 2.45) is 0 Å². The highest BCUT2D eigenvalue weighted by atomic mass is 32.2. The van der Waals surface area contributed by atoms with Crippen molar-refractivity contribution < 1.29 is 5.11 Å². The Kier molecular flexibility index (Phi) is 3.40. The van der Waals surface area contributed by atoms with Gasteiger partial charge < -0.3 is 10.4 Å². The van der Waals surface area contributed by atoms with E-state index in [0.717, 1.165) is 11.7 Å². The van der Waals surface area contributed by atoms with Crippen LogP contribution in [0.4, 0.5) is 0 Å². The largest absolute Gasteiger partial charge is 0.394 e. The van der Waals surface area contributed by atoms with Gasteiger partial charge in [0.05, 0.1) is 6.61 Å². The van der Waals surface area contributed by atoms with Crippen molar-refractivity contribution in [2.45, 2.75) is 55.9 Å². The summed E-state index contributed by atoms with van der Waals surface area (Å²) >= 11 is 2.05. The van der Waals surface area contributed by atoms with Crippen molar-refractivity contribution in [3.63, 3.8) is 0 Å². The quantitative estimate of drug-likeness (QED) is 0.733. The lowest BCUT2D eigenvalue weighted by molar-refractivity contribution is 0.163. The van der Waals surface area contributed by atoms with E-state index in [1.807, 2.05) is 0 Å². The highest BCUT2D eigenvalue weighted by Gasteiger charge is 2.41. The van der Waals surface area contributed by atoms with E-state index in [1.165, 1.54) is 31.4 Å². The van der Waals surface area contributed by atoms with Gasteiger partial charge in [0.1, 0.15) is 0 Å². The van der Waals surface area contributed by atoms with Gasteiger partial charge in [-0.05, 0) is 37.9 Å². The van der Waals surface area contributed by atoms with Crippen LogP contribution in [-0.4, -0.2) is 34.3 Å². The third-order valence-electron chi connectivity index (χ3n) is 3.36. The molecule has 2 N–H and O–H groups in total. The van der Waals surface area contributed by atoms with Crippen LogP contribution >= 0.6 is 11.8 Å². The maximum Gasteiger partial charge on any atom is 0.0613 e. The molecule has 0 bridgehead atoms. The van der Waals surface area contributed by atoms with E-state index < -0.39 is 0 Å². The topological polar surface area (TPSA) is 32.3 Å². The van der Waals surface area contributed by atoms with Crippen molar-refractivity contribution >= 4 is 11.8 Å². The Morgan fingerprint density at radius 2 is 2.21 bits per heavy atom. The van der Waals surface area contributed by atoms with E-state index >= 15 is 0 Å². The highest BCUT2D eigenvalue weighted by molar-refractivity contribution is 7.99. The van der Waals surface area contributed by atoms with Gasteiger partial charge in [-0.15, -0.1) is 0 Å². The van der Waals surface area contributed by atoms with E-state index in [9.17, 15) is 5.11 Å². The van der Waals surface area contributed by atoms with E-state index in [0.29, 0.717) is 12.6 Å². The summed E-state index contributed by atoms with van der Waals surface area (Å²) in [4.78, 5) is 0. The minimum absolute atomic E-state index is 0.0774. The normalized spacial score (nSPS) is 37.7. The Balaban J connectivity index is 1.86. The lowest BCUT2D eigenvalue weighted by atomic mass is 9.99. The molecule has 3 heteroatoms. The molecule has 0 aliphatic heterocycles. The average molecular weight is 215 g/mol. The molecule has 0 amide bonds. The van der Waals surface area contributed by atoms with Crippen LogP contribution in [0.2, 0.25) is 0 Å². The van der Waals surface area contributed by atoms with Crippen LogP contribution < -0.4 is 5.32 Å². The van der Waals surface area contributed by atoms with Gasteiger partial charge in [0.25, 0.3) is 0 Å². The Hall–Kier alpha value is 0.270. The van der Waals surface area contributed by atoms with Gasteiger partial charge in [-0.25, -0.2) is 0 Å². The molecule has 0 aromatic carbocycles. The van der Waals surface area contributed by atoms with Gasteiger partial charge in [0, 0.05) is 16.8 Å². The SMILES string of the molecule is CCSC1CCC(CO)(NC2CC2)C1. The predicted molar refractivity (Wildman–Crippen MR) is 61.7 cm³/mol. The molecule has 0 aromatic rings. The second-order valence-corrected chi connectivity index (χ2v) is 6.25. The monoisotopic (exact) mass is 215 g/mol. The fraction of sp³-hybridized carbons (Fsp3) is 1.00. The van der Waals surface area contributed by atoms with Crippen LogP contribution in [0.3, 0.4) is 0 Å². The number of aliphatic hydroxyl groups is 1. The molecule has 2 fully saturated rings. The number of hydrogen-bond acceptors (Lipinski definition) is 3. The van der Waals surface area contributed by atoms with Crippen molar-refractivity contribution in [1.29, 1.82) is 0 Å². The zero-order valence-electron chi connectivity index (χ0n) is 8.96. The van der Waals surface area contributed by atoms with Crippen LogP contribution in [0.25, 0.3) is 0 Å². The number of nitrogens with one attached hydrogen (secondary N) is 1. The second kappa shape index (κ2) is 4.42. The molecule has 2 rings (SSSR count). The van der Waals surface area contributed by atoms with Gasteiger partial charge in [-0.3, -0.25) is 0 Å². The maximum atomic E-state index is 9.51. The molecule has 82 valence electrons. The summed E-state index contributed by atoms with van der Waals surface area (Å²) in [5.41, 5.74) is 0.0774. The summed E-state index contributed by atoms with van der Waals surface area (Å²) in [7, 11) is 0. The Morgan fingerprint density at radius 3 is 2.79 bits per heavy atom. The number of rotatable bonds is 5. The van der Waals surface area contributed by atoms with Gasteiger partial charge in [0.15, 0.2) is 0 Å². The summed E-state index contributed by atoms with van der Waals surface area (Å²) < 4.78 is 0. The van der Waals surface area contributed by atoms with Crippen LogP contribution in [0.15, 0.2) is 0 Å². The maximum absolute atomic E-state index is 9.51. The van der Waals surface area contributed by atoms with E-state index in [2.05, 4.69) is 24.0 Å². The number of aliphatic hydroxyl groups excluding tert-OH is 1. The molecule has 2 unspecified atom stereocenters. The van der Waals surface area contributed by atoms with Crippen molar-refractivity contribution in [1.82, 2.24) is 5.32 Å². The summed E-state index contributed by atoms with van der Waals surface area (Å²) in [5, 5.41) is 13.9. The summed E-state index contributed by atoms with van der Waals surface area (Å²) in [6, 6.07) is 0.715. The first-order chi connectivity index (χ1) is 6.78. The molecule has 2 saturated carbocycles. The second-order valence-electron chi connectivity index (χ2n) is 4.68. The van der Waals surface area contributed by atoms with Gasteiger partial charge in [-0.2, -0.15) is 11.8 Å². The number of hydrogen-bond donors (Lipinski definition) is 2. The first kappa shape index (κ1) is 10.8. The molecule has 14 heavy (non-hydrogen) atoms. The molecule has 2 nitrogen and oxygen atoms in total. The van der Waals surface area contributed by atoms with Gasteiger partial charge >= 0.3 is 0 Å². The lowest BCUT2D eigenvalue weighted by Gasteiger charge is -2.28. The minimum Gasteiger partial charge on any atom is -0.394 e. The third-order valence-corrected chi connectivity index (χ3v) is 4.56. The molecule has 0 spiro atoms.